The van der Waals surface area contributed by atoms with Crippen LogP contribution >= 0.6 is 35.1 Å². The largest absolute Gasteiger partial charge is 0.340 e. The van der Waals surface area contributed by atoms with Gasteiger partial charge in [-0.3, -0.25) is 14.3 Å². The lowest BCUT2D eigenvalue weighted by molar-refractivity contribution is 0.0983. The van der Waals surface area contributed by atoms with E-state index >= 15 is 0 Å². The molecule has 0 aliphatic heterocycles. The molecule has 0 radical (unpaired) electrons. The molecule has 0 saturated carbocycles. The number of nitrogens with one attached hydrogen (secondary N) is 2. The summed E-state index contributed by atoms with van der Waals surface area (Å²) in [6, 6.07) is 11.9. The van der Waals surface area contributed by atoms with Crippen molar-refractivity contribution in [2.75, 3.05) is 11.6 Å². The first-order chi connectivity index (χ1) is 12.4. The Balaban J connectivity index is 1.84. The predicted octanol–water partition coefficient (Wildman–Crippen LogP) is 4.75. The highest BCUT2D eigenvalue weighted by Gasteiger charge is 2.16. The molecule has 3 rings (SSSR count). The van der Waals surface area contributed by atoms with Crippen molar-refractivity contribution < 1.29 is 9.59 Å². The summed E-state index contributed by atoms with van der Waals surface area (Å²) in [5, 5.41) is 4.40. The van der Waals surface area contributed by atoms with Gasteiger partial charge < -0.3 is 9.88 Å². The minimum absolute atomic E-state index is 0.185. The smallest absolute Gasteiger partial charge is 0.272 e. The Morgan fingerprint density at radius 3 is 2.38 bits per heavy atom. The molecule has 0 spiro atoms. The van der Waals surface area contributed by atoms with Gasteiger partial charge in [0.05, 0.1) is 10.0 Å². The van der Waals surface area contributed by atoms with Crippen molar-refractivity contribution in [1.82, 2.24) is 9.29 Å². The van der Waals surface area contributed by atoms with Gasteiger partial charge in [0, 0.05) is 35.5 Å². The Bertz CT molecular complexity index is 1000. The molecule has 1 heterocycles. The summed E-state index contributed by atoms with van der Waals surface area (Å²) in [7, 11) is 1.79. The molecule has 0 bridgehead atoms. The topological polar surface area (TPSA) is 63.1 Å². The van der Waals surface area contributed by atoms with Crippen LogP contribution in [0.3, 0.4) is 0 Å². The summed E-state index contributed by atoms with van der Waals surface area (Å²) in [6.45, 7) is 0. The summed E-state index contributed by atoms with van der Waals surface area (Å²) in [6.07, 6.45) is 1.77. The number of carbonyl (C=O) groups is 2. The third-order valence-corrected chi connectivity index (χ3v) is 5.15. The highest BCUT2D eigenvalue weighted by molar-refractivity contribution is 7.97. The number of fused-ring (bicyclic) bond motifs is 1. The third kappa shape index (κ3) is 3.53. The first-order valence-electron chi connectivity index (χ1n) is 7.60. The minimum atomic E-state index is -0.280. The average Bonchev–Trinajstić information content (AvgIpc) is 2.96. The lowest BCUT2D eigenvalue weighted by atomic mass is 10.2. The Kier molecular flexibility index (Phi) is 5.46. The molecule has 26 heavy (non-hydrogen) atoms. The van der Waals surface area contributed by atoms with Crippen LogP contribution in [0.1, 0.15) is 20.8 Å². The Labute approximate surface area is 164 Å². The monoisotopic (exact) mass is 407 g/mol. The number of aromatic nitrogens is 1. The van der Waals surface area contributed by atoms with E-state index in [9.17, 15) is 9.59 Å². The zero-order valence-corrected chi connectivity index (χ0v) is 16.3. The number of hydrogen-bond acceptors (Lipinski definition) is 3. The Morgan fingerprint density at radius 1 is 1.04 bits per heavy atom. The van der Waals surface area contributed by atoms with Gasteiger partial charge in [-0.25, -0.2) is 0 Å². The second-order valence-corrected chi connectivity index (χ2v) is 6.95. The summed E-state index contributed by atoms with van der Waals surface area (Å²) in [5.74, 6) is -0.465. The molecule has 0 fully saturated rings. The fourth-order valence-electron chi connectivity index (χ4n) is 2.62. The van der Waals surface area contributed by atoms with Gasteiger partial charge in [-0.2, -0.15) is 0 Å². The normalized spacial score (nSPS) is 10.8. The SMILES string of the molecule is CSNC(=O)c1ccc(NC(=O)c2cc3c(Cl)c(Cl)ccc3n2C)cc1. The zero-order chi connectivity index (χ0) is 18.8. The van der Waals surface area contributed by atoms with E-state index in [0.29, 0.717) is 27.0 Å². The molecule has 0 saturated heterocycles. The maximum atomic E-state index is 12.6. The second-order valence-electron chi connectivity index (χ2n) is 5.55. The van der Waals surface area contributed by atoms with Gasteiger partial charge >= 0.3 is 0 Å². The highest BCUT2D eigenvalue weighted by atomic mass is 35.5. The lowest BCUT2D eigenvalue weighted by Crippen LogP contribution is -2.17. The van der Waals surface area contributed by atoms with Gasteiger partial charge in [-0.15, -0.1) is 0 Å². The maximum absolute atomic E-state index is 12.6. The molecule has 5 nitrogen and oxygen atoms in total. The summed E-state index contributed by atoms with van der Waals surface area (Å²) >= 11 is 13.5. The number of nitrogens with zero attached hydrogens (tertiary/aromatic N) is 1. The average molecular weight is 408 g/mol. The van der Waals surface area contributed by atoms with Gasteiger partial charge in [0.2, 0.25) is 0 Å². The van der Waals surface area contributed by atoms with Gasteiger partial charge in [-0.05, 0) is 42.5 Å². The van der Waals surface area contributed by atoms with Crippen molar-refractivity contribution >= 4 is 63.6 Å². The molecule has 0 atom stereocenters. The summed E-state index contributed by atoms with van der Waals surface area (Å²) in [4.78, 5) is 24.4. The van der Waals surface area contributed by atoms with Gasteiger partial charge in [-0.1, -0.05) is 35.1 Å². The van der Waals surface area contributed by atoms with Crippen LogP contribution in [0.4, 0.5) is 5.69 Å². The van der Waals surface area contributed by atoms with E-state index < -0.39 is 0 Å². The molecule has 1 aromatic heterocycles. The van der Waals surface area contributed by atoms with Crippen molar-refractivity contribution in [1.29, 1.82) is 0 Å². The van der Waals surface area contributed by atoms with Crippen LogP contribution < -0.4 is 10.0 Å². The van der Waals surface area contributed by atoms with Gasteiger partial charge in [0.1, 0.15) is 5.69 Å². The highest BCUT2D eigenvalue weighted by Crippen LogP contribution is 2.32. The molecular weight excluding hydrogens is 393 g/mol. The first kappa shape index (κ1) is 18.6. The number of benzene rings is 2. The molecule has 134 valence electrons. The van der Waals surface area contributed by atoms with Crippen LogP contribution in [0.2, 0.25) is 10.0 Å². The number of hydrogen-bond donors (Lipinski definition) is 2. The van der Waals surface area contributed by atoms with Crippen molar-refractivity contribution in [3.05, 3.63) is 63.8 Å². The van der Waals surface area contributed by atoms with Crippen LogP contribution in [-0.4, -0.2) is 22.6 Å². The predicted molar refractivity (Wildman–Crippen MR) is 108 cm³/mol. The van der Waals surface area contributed by atoms with E-state index in [1.54, 1.807) is 54.3 Å². The molecule has 0 unspecified atom stereocenters. The molecule has 2 aromatic carbocycles. The summed E-state index contributed by atoms with van der Waals surface area (Å²) in [5.41, 5.74) is 2.37. The van der Waals surface area contributed by atoms with Gasteiger partial charge in [0.25, 0.3) is 11.8 Å². The Morgan fingerprint density at radius 2 is 1.73 bits per heavy atom. The fourth-order valence-corrected chi connectivity index (χ4v) is 3.30. The van der Waals surface area contributed by atoms with Crippen LogP contribution in [0.15, 0.2) is 42.5 Å². The van der Waals surface area contributed by atoms with E-state index in [-0.39, 0.29) is 11.8 Å². The van der Waals surface area contributed by atoms with E-state index in [1.165, 1.54) is 11.9 Å². The second kappa shape index (κ2) is 7.61. The van der Waals surface area contributed by atoms with E-state index in [1.807, 2.05) is 6.07 Å². The molecule has 0 aliphatic carbocycles. The van der Waals surface area contributed by atoms with Crippen molar-refractivity contribution in [2.24, 2.45) is 7.05 Å². The minimum Gasteiger partial charge on any atom is -0.340 e. The summed E-state index contributed by atoms with van der Waals surface area (Å²) < 4.78 is 4.40. The zero-order valence-electron chi connectivity index (χ0n) is 14.0. The number of rotatable bonds is 4. The number of amides is 2. The molecule has 2 N–H and O–H groups in total. The first-order valence-corrected chi connectivity index (χ1v) is 9.58. The molecule has 3 aromatic rings. The maximum Gasteiger partial charge on any atom is 0.272 e. The van der Waals surface area contributed by atoms with Gasteiger partial charge in [0.15, 0.2) is 0 Å². The number of anilines is 1. The van der Waals surface area contributed by atoms with Crippen molar-refractivity contribution in [2.45, 2.75) is 0 Å². The number of carbonyl (C=O) groups excluding carboxylic acids is 2. The standard InChI is InChI=1S/C18H15Cl2N3O2S/c1-23-14-8-7-13(19)16(20)12(14)9-15(23)18(25)21-11-5-3-10(4-6-11)17(24)22-26-2/h3-9H,1-2H3,(H,21,25)(H,22,24). The van der Waals surface area contributed by atoms with Crippen LogP contribution in [0.25, 0.3) is 10.9 Å². The van der Waals surface area contributed by atoms with Crippen LogP contribution in [0.5, 0.6) is 0 Å². The number of aryl methyl sites for hydroxylation is 1. The molecule has 8 heteroatoms. The van der Waals surface area contributed by atoms with Crippen molar-refractivity contribution in [3.8, 4) is 0 Å². The molecule has 2 amide bonds. The van der Waals surface area contributed by atoms with E-state index in [0.717, 1.165) is 10.9 Å². The van der Waals surface area contributed by atoms with Crippen LogP contribution in [-0.2, 0) is 7.05 Å². The number of halogens is 2. The van der Waals surface area contributed by atoms with Crippen molar-refractivity contribution in [3.63, 3.8) is 0 Å². The molecule has 0 aliphatic rings. The lowest BCUT2D eigenvalue weighted by Gasteiger charge is -2.07. The van der Waals surface area contributed by atoms with Crippen LogP contribution in [0, 0.1) is 0 Å². The van der Waals surface area contributed by atoms with E-state index in [4.69, 9.17) is 23.2 Å². The fraction of sp³-hybridized carbons (Fsp3) is 0.111. The Hall–Kier alpha value is -2.15. The third-order valence-electron chi connectivity index (χ3n) is 3.95. The molecular formula is C18H15Cl2N3O2S. The van der Waals surface area contributed by atoms with E-state index in [2.05, 4.69) is 10.0 Å². The quantitative estimate of drug-likeness (QED) is 0.613.